The molecular formula is C11H10N4O2. The van der Waals surface area contributed by atoms with Gasteiger partial charge in [0.2, 0.25) is 11.4 Å². The van der Waals surface area contributed by atoms with E-state index in [4.69, 9.17) is 0 Å². The van der Waals surface area contributed by atoms with Gasteiger partial charge in [0.25, 0.3) is 5.91 Å². The lowest BCUT2D eigenvalue weighted by Crippen LogP contribution is -2.26. The summed E-state index contributed by atoms with van der Waals surface area (Å²) in [4.78, 5) is 32.8. The monoisotopic (exact) mass is 230 g/mol. The maximum Gasteiger partial charge on any atom is 0.289 e. The van der Waals surface area contributed by atoms with Crippen molar-refractivity contribution in [1.82, 2.24) is 20.3 Å². The van der Waals surface area contributed by atoms with Crippen LogP contribution in [0.1, 0.15) is 16.3 Å². The minimum Gasteiger partial charge on any atom is -0.344 e. The second-order valence-corrected chi connectivity index (χ2v) is 3.30. The van der Waals surface area contributed by atoms with Crippen LogP contribution in [-0.4, -0.2) is 20.9 Å². The second-order valence-electron chi connectivity index (χ2n) is 3.30. The quantitative estimate of drug-likeness (QED) is 0.782. The van der Waals surface area contributed by atoms with Gasteiger partial charge in [-0.05, 0) is 12.1 Å². The highest BCUT2D eigenvalue weighted by molar-refractivity contribution is 5.90. The average Bonchev–Trinajstić information content (AvgIpc) is 2.37. The normalized spacial score (nSPS) is 9.88. The highest BCUT2D eigenvalue weighted by Crippen LogP contribution is 1.92. The number of H-pyrrole nitrogens is 1. The van der Waals surface area contributed by atoms with Crippen molar-refractivity contribution in [2.75, 3.05) is 0 Å². The zero-order valence-corrected chi connectivity index (χ0v) is 8.88. The van der Waals surface area contributed by atoms with Gasteiger partial charge in [0.15, 0.2) is 0 Å². The first-order valence-corrected chi connectivity index (χ1v) is 4.99. The molecule has 0 spiro atoms. The number of nitrogens with zero attached hydrogens (tertiary/aromatic N) is 2. The number of pyridine rings is 1. The van der Waals surface area contributed by atoms with Gasteiger partial charge in [0.05, 0.1) is 6.54 Å². The molecule has 1 amide bonds. The van der Waals surface area contributed by atoms with Gasteiger partial charge in [-0.15, -0.1) is 0 Å². The molecule has 0 saturated carbocycles. The molecule has 2 aromatic rings. The van der Waals surface area contributed by atoms with Crippen molar-refractivity contribution in [3.05, 3.63) is 58.5 Å². The predicted octanol–water partition coefficient (Wildman–Crippen LogP) is 0.0949. The molecule has 0 aliphatic carbocycles. The Hall–Kier alpha value is -2.50. The third kappa shape index (κ3) is 2.97. The summed E-state index contributed by atoms with van der Waals surface area (Å²) in [5, 5.41) is 2.61. The molecule has 2 rings (SSSR count). The second kappa shape index (κ2) is 5.02. The highest BCUT2D eigenvalue weighted by atomic mass is 16.2. The maximum atomic E-state index is 11.6. The molecule has 0 bridgehead atoms. The van der Waals surface area contributed by atoms with Crippen molar-refractivity contribution in [2.45, 2.75) is 6.54 Å². The summed E-state index contributed by atoms with van der Waals surface area (Å²) in [5.41, 5.74) is 0.425. The Morgan fingerprint density at radius 2 is 2.00 bits per heavy atom. The molecule has 2 N–H and O–H groups in total. The number of rotatable bonds is 3. The van der Waals surface area contributed by atoms with Crippen molar-refractivity contribution < 1.29 is 4.79 Å². The first-order valence-electron chi connectivity index (χ1n) is 4.99. The molecule has 0 fully saturated rings. The van der Waals surface area contributed by atoms with Crippen molar-refractivity contribution in [3.63, 3.8) is 0 Å². The summed E-state index contributed by atoms with van der Waals surface area (Å²) in [6, 6.07) is 6.38. The van der Waals surface area contributed by atoms with E-state index in [1.807, 2.05) is 0 Å². The lowest BCUT2D eigenvalue weighted by molar-refractivity contribution is 0.0940. The molecule has 2 aromatic heterocycles. The van der Waals surface area contributed by atoms with Gasteiger partial charge < -0.3 is 10.3 Å². The Bertz CT molecular complexity index is 565. The maximum absolute atomic E-state index is 11.6. The van der Waals surface area contributed by atoms with Crippen LogP contribution in [0.3, 0.4) is 0 Å². The van der Waals surface area contributed by atoms with E-state index in [2.05, 4.69) is 20.3 Å². The number of nitrogens with one attached hydrogen (secondary N) is 2. The minimum absolute atomic E-state index is 0.103. The summed E-state index contributed by atoms with van der Waals surface area (Å²) >= 11 is 0. The Morgan fingerprint density at radius 1 is 1.24 bits per heavy atom. The Labute approximate surface area is 96.8 Å². The first-order chi connectivity index (χ1) is 8.25. The summed E-state index contributed by atoms with van der Waals surface area (Å²) in [7, 11) is 0. The SMILES string of the molecule is O=C(NCc1cccc(=O)[nH]1)c1ncccn1. The molecule has 0 radical (unpaired) electrons. The van der Waals surface area contributed by atoms with Gasteiger partial charge >= 0.3 is 0 Å². The fourth-order valence-corrected chi connectivity index (χ4v) is 1.27. The summed E-state index contributed by atoms with van der Waals surface area (Å²) < 4.78 is 0. The molecule has 0 aliphatic rings. The molecule has 2 heterocycles. The molecule has 0 unspecified atom stereocenters. The zero-order valence-electron chi connectivity index (χ0n) is 8.88. The topological polar surface area (TPSA) is 87.7 Å². The van der Waals surface area contributed by atoms with Crippen molar-refractivity contribution in [1.29, 1.82) is 0 Å². The third-order valence-electron chi connectivity index (χ3n) is 2.04. The van der Waals surface area contributed by atoms with E-state index in [0.29, 0.717) is 5.69 Å². The number of carbonyl (C=O) groups is 1. The Morgan fingerprint density at radius 3 is 2.71 bits per heavy atom. The summed E-state index contributed by atoms with van der Waals surface area (Å²) in [6.07, 6.45) is 2.98. The number of hydrogen-bond donors (Lipinski definition) is 2. The molecule has 6 heteroatoms. The third-order valence-corrected chi connectivity index (χ3v) is 2.04. The van der Waals surface area contributed by atoms with Gasteiger partial charge in [-0.3, -0.25) is 9.59 Å². The lowest BCUT2D eigenvalue weighted by Gasteiger charge is -2.03. The van der Waals surface area contributed by atoms with E-state index >= 15 is 0 Å². The zero-order chi connectivity index (χ0) is 12.1. The number of aromatic nitrogens is 3. The van der Waals surface area contributed by atoms with E-state index in [1.165, 1.54) is 18.5 Å². The van der Waals surface area contributed by atoms with Crippen LogP contribution in [0.4, 0.5) is 0 Å². The molecule has 86 valence electrons. The fourth-order valence-electron chi connectivity index (χ4n) is 1.27. The van der Waals surface area contributed by atoms with Crippen molar-refractivity contribution >= 4 is 5.91 Å². The molecular weight excluding hydrogens is 220 g/mol. The van der Waals surface area contributed by atoms with Gasteiger partial charge in [0, 0.05) is 24.2 Å². The first kappa shape index (κ1) is 11.0. The van der Waals surface area contributed by atoms with Crippen LogP contribution in [0.25, 0.3) is 0 Å². The van der Waals surface area contributed by atoms with E-state index in [9.17, 15) is 9.59 Å². The van der Waals surface area contributed by atoms with Crippen LogP contribution in [0.2, 0.25) is 0 Å². The molecule has 0 aromatic carbocycles. The average molecular weight is 230 g/mol. The summed E-state index contributed by atoms with van der Waals surface area (Å²) in [5.74, 6) is -0.277. The van der Waals surface area contributed by atoms with Gasteiger partial charge in [-0.25, -0.2) is 9.97 Å². The predicted molar refractivity (Wildman–Crippen MR) is 60.3 cm³/mol. The van der Waals surface area contributed by atoms with E-state index in [-0.39, 0.29) is 23.8 Å². The van der Waals surface area contributed by atoms with E-state index < -0.39 is 0 Å². The number of aromatic amines is 1. The van der Waals surface area contributed by atoms with E-state index in [1.54, 1.807) is 18.2 Å². The standard InChI is InChI=1S/C11H10N4O2/c16-9-4-1-3-8(15-9)7-14-11(17)10-12-5-2-6-13-10/h1-6H,7H2,(H,14,17)(H,15,16). The summed E-state index contributed by atoms with van der Waals surface area (Å²) in [6.45, 7) is 0.229. The molecule has 0 atom stereocenters. The van der Waals surface area contributed by atoms with Crippen molar-refractivity contribution in [2.24, 2.45) is 0 Å². The van der Waals surface area contributed by atoms with Crippen LogP contribution in [0.5, 0.6) is 0 Å². The number of amides is 1. The molecule has 0 aliphatic heterocycles. The molecule has 17 heavy (non-hydrogen) atoms. The van der Waals surface area contributed by atoms with Crippen molar-refractivity contribution in [3.8, 4) is 0 Å². The lowest BCUT2D eigenvalue weighted by atomic mass is 10.3. The highest BCUT2D eigenvalue weighted by Gasteiger charge is 2.06. The molecule has 0 saturated heterocycles. The van der Waals surface area contributed by atoms with Gasteiger partial charge in [-0.1, -0.05) is 6.07 Å². The van der Waals surface area contributed by atoms with Crippen LogP contribution in [-0.2, 0) is 6.54 Å². The molecule has 6 nitrogen and oxygen atoms in total. The number of hydrogen-bond acceptors (Lipinski definition) is 4. The number of carbonyl (C=O) groups excluding carboxylic acids is 1. The van der Waals surface area contributed by atoms with Crippen LogP contribution < -0.4 is 10.9 Å². The van der Waals surface area contributed by atoms with Gasteiger partial charge in [0.1, 0.15) is 0 Å². The van der Waals surface area contributed by atoms with Crippen LogP contribution in [0.15, 0.2) is 41.5 Å². The largest absolute Gasteiger partial charge is 0.344 e. The minimum atomic E-state index is -0.379. The van der Waals surface area contributed by atoms with Gasteiger partial charge in [-0.2, -0.15) is 0 Å². The van der Waals surface area contributed by atoms with Crippen LogP contribution >= 0.6 is 0 Å². The Kier molecular flexibility index (Phi) is 3.25. The smallest absolute Gasteiger partial charge is 0.289 e. The van der Waals surface area contributed by atoms with Crippen LogP contribution in [0, 0.1) is 0 Å². The Balaban J connectivity index is 2.00. The van der Waals surface area contributed by atoms with E-state index in [0.717, 1.165) is 0 Å². The fraction of sp³-hybridized carbons (Fsp3) is 0.0909.